The number of amides is 1. The number of carbonyl (C=O) groups excluding carboxylic acids is 1. The van der Waals surface area contributed by atoms with Crippen molar-refractivity contribution >= 4 is 38.8 Å². The highest BCUT2D eigenvalue weighted by Gasteiger charge is 2.32. The second-order valence-corrected chi connectivity index (χ2v) is 7.97. The summed E-state index contributed by atoms with van der Waals surface area (Å²) < 4.78 is 53.4. The number of fused-ring (bicyclic) bond motifs is 1. The van der Waals surface area contributed by atoms with Crippen LogP contribution in [0.2, 0.25) is 0 Å². The fourth-order valence-corrected chi connectivity index (χ4v) is 3.94. The smallest absolute Gasteiger partial charge is 0.267 e. The molecule has 162 valence electrons. The van der Waals surface area contributed by atoms with Crippen molar-refractivity contribution in [2.24, 2.45) is 5.10 Å². The minimum absolute atomic E-state index is 0.188. The molecule has 3 aromatic carbocycles. The molecule has 4 aromatic rings. The number of anilines is 1. The number of carbonyl (C=O) groups is 1. The summed E-state index contributed by atoms with van der Waals surface area (Å²) in [7, 11) is 0. The maximum Gasteiger partial charge on any atom is 0.416 e. The van der Waals surface area contributed by atoms with Gasteiger partial charge in [0.2, 0.25) is 5.13 Å². The Balaban J connectivity index is 1.77. The van der Waals surface area contributed by atoms with Crippen molar-refractivity contribution in [2.45, 2.75) is 13.1 Å². The number of alkyl halides is 3. The Morgan fingerprint density at radius 2 is 1.81 bits per heavy atom. The van der Waals surface area contributed by atoms with Crippen LogP contribution in [0.3, 0.4) is 0 Å². The predicted molar refractivity (Wildman–Crippen MR) is 117 cm³/mol. The van der Waals surface area contributed by atoms with Crippen LogP contribution >= 0.6 is 11.3 Å². The van der Waals surface area contributed by atoms with Crippen LogP contribution in [-0.2, 0) is 6.18 Å². The molecule has 0 saturated heterocycles. The molecular weight excluding hydrogens is 442 g/mol. The summed E-state index contributed by atoms with van der Waals surface area (Å²) in [6.45, 7) is 1.91. The van der Waals surface area contributed by atoms with Crippen molar-refractivity contribution in [3.05, 3.63) is 94.8 Å². The van der Waals surface area contributed by atoms with Gasteiger partial charge in [0.25, 0.3) is 5.91 Å². The summed E-state index contributed by atoms with van der Waals surface area (Å²) in [5.41, 5.74) is 1.01. The van der Waals surface area contributed by atoms with Crippen LogP contribution in [0.1, 0.15) is 27.0 Å². The molecule has 4 nitrogen and oxygen atoms in total. The molecule has 0 bridgehead atoms. The zero-order valence-electron chi connectivity index (χ0n) is 16.6. The van der Waals surface area contributed by atoms with E-state index >= 15 is 0 Å². The van der Waals surface area contributed by atoms with Crippen molar-refractivity contribution in [3.8, 4) is 0 Å². The number of thiazole rings is 1. The van der Waals surface area contributed by atoms with Gasteiger partial charge in [0.05, 0.1) is 22.0 Å². The number of aryl methyl sites for hydroxylation is 1. The van der Waals surface area contributed by atoms with Crippen molar-refractivity contribution in [3.63, 3.8) is 0 Å². The van der Waals surface area contributed by atoms with Gasteiger partial charge < -0.3 is 0 Å². The molecule has 0 radical (unpaired) electrons. The van der Waals surface area contributed by atoms with E-state index in [1.807, 2.05) is 19.1 Å². The van der Waals surface area contributed by atoms with Crippen molar-refractivity contribution in [2.75, 3.05) is 5.01 Å². The average molecular weight is 457 g/mol. The number of aromatic nitrogens is 1. The van der Waals surface area contributed by atoms with Gasteiger partial charge in [-0.3, -0.25) is 4.79 Å². The summed E-state index contributed by atoms with van der Waals surface area (Å²) in [4.78, 5) is 17.6. The number of hydrogen-bond acceptors (Lipinski definition) is 4. The fourth-order valence-electron chi connectivity index (χ4n) is 2.92. The van der Waals surface area contributed by atoms with E-state index in [4.69, 9.17) is 0 Å². The van der Waals surface area contributed by atoms with Gasteiger partial charge in [-0.2, -0.15) is 23.3 Å². The van der Waals surface area contributed by atoms with Crippen LogP contribution in [0.15, 0.2) is 71.8 Å². The van der Waals surface area contributed by atoms with Crippen LogP contribution in [0, 0.1) is 12.7 Å². The molecule has 1 aromatic heterocycles. The molecule has 0 aliphatic heterocycles. The van der Waals surface area contributed by atoms with Crippen LogP contribution < -0.4 is 5.01 Å². The van der Waals surface area contributed by atoms with E-state index in [0.29, 0.717) is 11.1 Å². The first-order valence-electron chi connectivity index (χ1n) is 9.39. The molecule has 4 rings (SSSR count). The van der Waals surface area contributed by atoms with Gasteiger partial charge in [-0.05, 0) is 60.5 Å². The Morgan fingerprint density at radius 1 is 1.06 bits per heavy atom. The lowest BCUT2D eigenvalue weighted by Crippen LogP contribution is -2.26. The summed E-state index contributed by atoms with van der Waals surface area (Å²) in [5.74, 6) is -1.20. The van der Waals surface area contributed by atoms with Gasteiger partial charge in [-0.1, -0.05) is 35.6 Å². The van der Waals surface area contributed by atoms with Gasteiger partial charge in [0.1, 0.15) is 5.82 Å². The van der Waals surface area contributed by atoms with E-state index < -0.39 is 23.5 Å². The largest absolute Gasteiger partial charge is 0.416 e. The molecule has 0 aliphatic rings. The fraction of sp³-hybridized carbons (Fsp3) is 0.0870. The van der Waals surface area contributed by atoms with Crippen molar-refractivity contribution in [1.82, 2.24) is 4.98 Å². The Labute approximate surface area is 184 Å². The van der Waals surface area contributed by atoms with Gasteiger partial charge in [0, 0.05) is 5.56 Å². The zero-order chi connectivity index (χ0) is 22.9. The summed E-state index contributed by atoms with van der Waals surface area (Å²) in [6.07, 6.45) is -3.27. The lowest BCUT2D eigenvalue weighted by Gasteiger charge is -2.15. The summed E-state index contributed by atoms with van der Waals surface area (Å²) >= 11 is 1.19. The maximum absolute atomic E-state index is 13.2. The molecule has 0 saturated carbocycles. The number of hydrogen-bond donors (Lipinski definition) is 0. The number of halogens is 4. The van der Waals surface area contributed by atoms with Crippen LogP contribution in [0.25, 0.3) is 10.2 Å². The zero-order valence-corrected chi connectivity index (χ0v) is 17.4. The quantitative estimate of drug-likeness (QED) is 0.201. The Morgan fingerprint density at radius 3 is 2.53 bits per heavy atom. The molecule has 0 unspecified atom stereocenters. The molecule has 0 aliphatic carbocycles. The van der Waals surface area contributed by atoms with E-state index in [-0.39, 0.29) is 10.7 Å². The first kappa shape index (κ1) is 21.6. The predicted octanol–water partition coefficient (Wildman–Crippen LogP) is 6.44. The summed E-state index contributed by atoms with van der Waals surface area (Å²) in [6, 6.07) is 15.1. The van der Waals surface area contributed by atoms with Crippen molar-refractivity contribution in [1.29, 1.82) is 0 Å². The van der Waals surface area contributed by atoms with E-state index in [0.717, 1.165) is 27.4 Å². The standard InChI is InChI=1S/C23H15F4N3OS/c1-14-5-10-19-20(11-14)32-22(29-19)30(28-13-15-6-8-18(24)9-7-15)21(31)16-3-2-4-17(12-16)23(25,26)27/h2-13H,1H3/b28-13+. The van der Waals surface area contributed by atoms with E-state index in [1.165, 1.54) is 53.9 Å². The first-order chi connectivity index (χ1) is 15.2. The van der Waals surface area contributed by atoms with Gasteiger partial charge >= 0.3 is 6.18 Å². The van der Waals surface area contributed by atoms with Crippen LogP contribution in [0.4, 0.5) is 22.7 Å². The monoisotopic (exact) mass is 457 g/mol. The topological polar surface area (TPSA) is 45.6 Å². The van der Waals surface area contributed by atoms with E-state index in [9.17, 15) is 22.4 Å². The molecule has 0 fully saturated rings. The number of nitrogens with zero attached hydrogens (tertiary/aromatic N) is 3. The first-order valence-corrected chi connectivity index (χ1v) is 10.2. The van der Waals surface area contributed by atoms with Gasteiger partial charge in [-0.15, -0.1) is 0 Å². The third-order valence-electron chi connectivity index (χ3n) is 4.54. The van der Waals surface area contributed by atoms with Crippen LogP contribution in [0.5, 0.6) is 0 Å². The lowest BCUT2D eigenvalue weighted by atomic mass is 10.1. The van der Waals surface area contributed by atoms with Crippen molar-refractivity contribution < 1.29 is 22.4 Å². The second kappa shape index (κ2) is 8.51. The average Bonchev–Trinajstić information content (AvgIpc) is 3.17. The number of hydrazone groups is 1. The van der Waals surface area contributed by atoms with E-state index in [1.54, 1.807) is 6.07 Å². The highest BCUT2D eigenvalue weighted by atomic mass is 32.1. The van der Waals surface area contributed by atoms with Gasteiger partial charge in [-0.25, -0.2) is 9.37 Å². The normalized spacial score (nSPS) is 11.9. The molecule has 9 heteroatoms. The highest BCUT2D eigenvalue weighted by Crippen LogP contribution is 2.32. The third-order valence-corrected chi connectivity index (χ3v) is 5.53. The number of benzene rings is 3. The molecule has 0 spiro atoms. The third kappa shape index (κ3) is 4.67. The molecule has 32 heavy (non-hydrogen) atoms. The van der Waals surface area contributed by atoms with E-state index in [2.05, 4.69) is 10.1 Å². The van der Waals surface area contributed by atoms with Gasteiger partial charge in [0.15, 0.2) is 0 Å². The number of rotatable bonds is 4. The Bertz CT molecular complexity index is 1310. The molecule has 1 amide bonds. The maximum atomic E-state index is 13.2. The molecule has 1 heterocycles. The Kier molecular flexibility index (Phi) is 5.75. The highest BCUT2D eigenvalue weighted by molar-refractivity contribution is 7.22. The second-order valence-electron chi connectivity index (χ2n) is 6.96. The molecule has 0 N–H and O–H groups in total. The minimum atomic E-state index is -4.59. The van der Waals surface area contributed by atoms with Crippen LogP contribution in [-0.4, -0.2) is 17.1 Å². The SMILES string of the molecule is Cc1ccc2nc(N(/N=C/c3ccc(F)cc3)C(=O)c3cccc(C(F)(F)F)c3)sc2c1. The Hall–Kier alpha value is -3.59. The molecule has 0 atom stereocenters. The minimum Gasteiger partial charge on any atom is -0.267 e. The molecular formula is C23H15F4N3OS. The lowest BCUT2D eigenvalue weighted by molar-refractivity contribution is -0.137. The summed E-state index contributed by atoms with van der Waals surface area (Å²) in [5, 5.41) is 5.34.